The molecule has 0 spiro atoms. The Hall–Kier alpha value is -4.34. The lowest BCUT2D eigenvalue weighted by molar-refractivity contribution is -0.132. The summed E-state index contributed by atoms with van der Waals surface area (Å²) >= 11 is 0. The fraction of sp³-hybridized carbons (Fsp3) is 0.136. The molecule has 164 valence electrons. The van der Waals surface area contributed by atoms with E-state index in [-0.39, 0.29) is 17.1 Å². The molecule has 1 aromatic heterocycles. The highest BCUT2D eigenvalue weighted by Gasteiger charge is 2.31. The molecule has 0 aliphatic carbocycles. The van der Waals surface area contributed by atoms with E-state index in [1.165, 1.54) is 55.4 Å². The molecule has 1 atom stereocenters. The van der Waals surface area contributed by atoms with Gasteiger partial charge in [0.05, 0.1) is 20.4 Å². The number of carbonyl (C=O) groups excluding carboxylic acids is 1. The van der Waals surface area contributed by atoms with E-state index < -0.39 is 23.7 Å². The second kappa shape index (κ2) is 8.42. The number of carboxylic acids is 1. The van der Waals surface area contributed by atoms with Crippen LogP contribution in [0.4, 0.5) is 15.9 Å². The van der Waals surface area contributed by atoms with Crippen molar-refractivity contribution in [3.05, 3.63) is 77.4 Å². The van der Waals surface area contributed by atoms with Gasteiger partial charge in [-0.25, -0.2) is 13.9 Å². The lowest BCUT2D eigenvalue weighted by atomic mass is 10.0. The number of allylic oxidation sites excluding steroid dienone is 1. The number of methoxy groups -OCH3 is 2. The third-order valence-electron chi connectivity index (χ3n) is 4.97. The van der Waals surface area contributed by atoms with Crippen molar-refractivity contribution in [3.8, 4) is 11.5 Å². The highest BCUT2D eigenvalue weighted by atomic mass is 19.1. The molecule has 1 amide bonds. The SMILES string of the molecule is COc1ccc(OC)c([C@@H]2C=C(C(=O)O)Nc3c(C(=O)Nc4ccc(F)cc4)cnn32)c1. The van der Waals surface area contributed by atoms with Crippen LogP contribution in [0.5, 0.6) is 11.5 Å². The van der Waals surface area contributed by atoms with Gasteiger partial charge in [-0.2, -0.15) is 5.10 Å². The van der Waals surface area contributed by atoms with Crippen LogP contribution < -0.4 is 20.1 Å². The molecule has 0 bridgehead atoms. The molecule has 9 nitrogen and oxygen atoms in total. The predicted octanol–water partition coefficient (Wildman–Crippen LogP) is 3.28. The van der Waals surface area contributed by atoms with Crippen molar-refractivity contribution in [3.63, 3.8) is 0 Å². The summed E-state index contributed by atoms with van der Waals surface area (Å²) < 4.78 is 25.4. The summed E-state index contributed by atoms with van der Waals surface area (Å²) in [7, 11) is 3.02. The van der Waals surface area contributed by atoms with Crippen LogP contribution in [0.1, 0.15) is 22.0 Å². The van der Waals surface area contributed by atoms with Gasteiger partial charge in [0, 0.05) is 11.3 Å². The van der Waals surface area contributed by atoms with Gasteiger partial charge in [0.1, 0.15) is 40.4 Å². The molecule has 2 aromatic carbocycles. The number of amides is 1. The van der Waals surface area contributed by atoms with Crippen molar-refractivity contribution in [1.82, 2.24) is 9.78 Å². The average Bonchev–Trinajstić information content (AvgIpc) is 3.23. The van der Waals surface area contributed by atoms with Crippen molar-refractivity contribution in [2.45, 2.75) is 6.04 Å². The number of hydrogen-bond donors (Lipinski definition) is 3. The van der Waals surface area contributed by atoms with E-state index >= 15 is 0 Å². The standard InChI is InChI=1S/C22H19FN4O5/c1-31-14-7-8-19(32-2)15(9-14)18-10-17(22(29)30)26-20-16(11-24-27(18)20)21(28)25-13-5-3-12(23)4-6-13/h3-11,18,26H,1-2H3,(H,25,28)(H,29,30)/t18-/m0/s1. The molecule has 0 saturated heterocycles. The third-order valence-corrected chi connectivity index (χ3v) is 4.97. The first-order valence-corrected chi connectivity index (χ1v) is 9.49. The van der Waals surface area contributed by atoms with Crippen LogP contribution >= 0.6 is 0 Å². The molecule has 2 heterocycles. The van der Waals surface area contributed by atoms with Gasteiger partial charge in [-0.05, 0) is 48.5 Å². The predicted molar refractivity (Wildman–Crippen MR) is 114 cm³/mol. The first-order chi connectivity index (χ1) is 15.4. The molecule has 4 rings (SSSR count). The lowest BCUT2D eigenvalue weighted by Gasteiger charge is -2.26. The first-order valence-electron chi connectivity index (χ1n) is 9.49. The van der Waals surface area contributed by atoms with Gasteiger partial charge in [-0.3, -0.25) is 4.79 Å². The van der Waals surface area contributed by atoms with E-state index in [4.69, 9.17) is 9.47 Å². The third kappa shape index (κ3) is 3.85. The van der Waals surface area contributed by atoms with Crippen LogP contribution in [0.15, 0.2) is 60.4 Å². The van der Waals surface area contributed by atoms with Crippen LogP contribution in [0.25, 0.3) is 0 Å². The highest BCUT2D eigenvalue weighted by molar-refractivity contribution is 6.08. The van der Waals surface area contributed by atoms with Crippen molar-refractivity contribution in [2.75, 3.05) is 24.9 Å². The van der Waals surface area contributed by atoms with Crippen molar-refractivity contribution < 1.29 is 28.6 Å². The summed E-state index contributed by atoms with van der Waals surface area (Å²) in [5.74, 6) is -0.925. The Balaban J connectivity index is 1.77. The Labute approximate surface area is 182 Å². The number of fused-ring (bicyclic) bond motifs is 1. The monoisotopic (exact) mass is 438 g/mol. The summed E-state index contributed by atoms with van der Waals surface area (Å²) in [5.41, 5.74) is 0.978. The van der Waals surface area contributed by atoms with E-state index in [1.54, 1.807) is 18.2 Å². The maximum absolute atomic E-state index is 13.1. The Kier molecular flexibility index (Phi) is 5.50. The van der Waals surface area contributed by atoms with Gasteiger partial charge in [0.2, 0.25) is 0 Å². The zero-order valence-electron chi connectivity index (χ0n) is 17.1. The molecule has 3 aromatic rings. The van der Waals surface area contributed by atoms with Gasteiger partial charge >= 0.3 is 5.97 Å². The van der Waals surface area contributed by atoms with Crippen LogP contribution in [0, 0.1) is 5.82 Å². The first kappa shape index (κ1) is 20.9. The molecule has 1 aliphatic rings. The summed E-state index contributed by atoms with van der Waals surface area (Å²) in [6.07, 6.45) is 2.81. The molecular weight excluding hydrogens is 419 g/mol. The Bertz CT molecular complexity index is 1220. The van der Waals surface area contributed by atoms with E-state index in [2.05, 4.69) is 15.7 Å². The van der Waals surface area contributed by atoms with Gasteiger partial charge < -0.3 is 25.2 Å². The minimum Gasteiger partial charge on any atom is -0.497 e. The molecular formula is C22H19FN4O5. The van der Waals surface area contributed by atoms with E-state index in [0.717, 1.165) is 0 Å². The molecule has 3 N–H and O–H groups in total. The minimum atomic E-state index is -1.20. The number of benzene rings is 2. The smallest absolute Gasteiger partial charge is 0.352 e. The molecule has 1 aliphatic heterocycles. The van der Waals surface area contributed by atoms with E-state index in [0.29, 0.717) is 22.7 Å². The fourth-order valence-electron chi connectivity index (χ4n) is 3.41. The molecule has 0 saturated carbocycles. The minimum absolute atomic E-state index is 0.119. The maximum Gasteiger partial charge on any atom is 0.352 e. The summed E-state index contributed by atoms with van der Waals surface area (Å²) in [6.45, 7) is 0. The number of carboxylic acid groups (broad SMARTS) is 1. The van der Waals surface area contributed by atoms with Gasteiger partial charge in [0.15, 0.2) is 0 Å². The number of aliphatic carboxylic acids is 1. The summed E-state index contributed by atoms with van der Waals surface area (Å²) in [5, 5.41) is 19.4. The van der Waals surface area contributed by atoms with E-state index in [9.17, 15) is 19.1 Å². The normalized spacial score (nSPS) is 14.6. The number of halogens is 1. The largest absolute Gasteiger partial charge is 0.497 e. The van der Waals surface area contributed by atoms with Gasteiger partial charge in [0.25, 0.3) is 5.91 Å². The number of aromatic nitrogens is 2. The van der Waals surface area contributed by atoms with Crippen molar-refractivity contribution in [1.29, 1.82) is 0 Å². The quantitative estimate of drug-likeness (QED) is 0.541. The fourth-order valence-corrected chi connectivity index (χ4v) is 3.41. The maximum atomic E-state index is 13.1. The summed E-state index contributed by atoms with van der Waals surface area (Å²) in [6, 6.07) is 9.73. The Morgan fingerprint density at radius 2 is 1.91 bits per heavy atom. The van der Waals surface area contributed by atoms with Crippen LogP contribution in [-0.2, 0) is 4.79 Å². The Morgan fingerprint density at radius 3 is 2.56 bits per heavy atom. The van der Waals surface area contributed by atoms with Gasteiger partial charge in [-0.15, -0.1) is 0 Å². The van der Waals surface area contributed by atoms with Crippen LogP contribution in [0.3, 0.4) is 0 Å². The zero-order valence-corrected chi connectivity index (χ0v) is 17.1. The number of nitrogens with one attached hydrogen (secondary N) is 2. The molecule has 32 heavy (non-hydrogen) atoms. The topological polar surface area (TPSA) is 115 Å². The molecule has 0 unspecified atom stereocenters. The molecule has 10 heteroatoms. The molecule has 0 radical (unpaired) electrons. The van der Waals surface area contributed by atoms with Crippen molar-refractivity contribution in [2.24, 2.45) is 0 Å². The van der Waals surface area contributed by atoms with Crippen LogP contribution in [0.2, 0.25) is 0 Å². The average molecular weight is 438 g/mol. The van der Waals surface area contributed by atoms with Gasteiger partial charge in [-0.1, -0.05) is 0 Å². The van der Waals surface area contributed by atoms with E-state index in [1.807, 2.05) is 0 Å². The number of anilines is 2. The lowest BCUT2D eigenvalue weighted by Crippen LogP contribution is -2.26. The number of rotatable bonds is 6. The Morgan fingerprint density at radius 1 is 1.16 bits per heavy atom. The number of carbonyl (C=O) groups is 2. The summed E-state index contributed by atoms with van der Waals surface area (Å²) in [4.78, 5) is 24.7. The second-order valence-electron chi connectivity index (χ2n) is 6.88. The second-order valence-corrected chi connectivity index (χ2v) is 6.88. The van der Waals surface area contributed by atoms with Crippen LogP contribution in [-0.4, -0.2) is 41.0 Å². The number of nitrogens with zero attached hydrogens (tertiary/aromatic N) is 2. The molecule has 0 fully saturated rings. The van der Waals surface area contributed by atoms with Crippen molar-refractivity contribution >= 4 is 23.4 Å². The number of ether oxygens (including phenoxy) is 2. The number of hydrogen-bond acceptors (Lipinski definition) is 6. The zero-order chi connectivity index (χ0) is 22.8. The highest BCUT2D eigenvalue weighted by Crippen LogP contribution is 2.38.